The number of ether oxygens (including phenoxy) is 2. The SMILES string of the molecule is COc1ccc(NC(=O)CN2CCN(c3ccc(F)cc3F)CC2)cc1OC. The van der Waals surface area contributed by atoms with Crippen LogP contribution < -0.4 is 19.7 Å². The van der Waals surface area contributed by atoms with E-state index in [0.29, 0.717) is 49.1 Å². The molecule has 0 radical (unpaired) electrons. The number of carbonyl (C=O) groups excluding carboxylic acids is 1. The molecule has 0 unspecified atom stereocenters. The zero-order valence-corrected chi connectivity index (χ0v) is 15.9. The monoisotopic (exact) mass is 391 g/mol. The number of anilines is 2. The van der Waals surface area contributed by atoms with Crippen LogP contribution in [0.5, 0.6) is 11.5 Å². The van der Waals surface area contributed by atoms with Gasteiger partial charge in [0.15, 0.2) is 11.5 Å². The second-order valence-corrected chi connectivity index (χ2v) is 6.48. The van der Waals surface area contributed by atoms with Crippen molar-refractivity contribution in [2.24, 2.45) is 0 Å². The largest absolute Gasteiger partial charge is 0.493 e. The normalized spacial score (nSPS) is 14.6. The first-order valence-electron chi connectivity index (χ1n) is 8.94. The van der Waals surface area contributed by atoms with Gasteiger partial charge in [0, 0.05) is 44.0 Å². The summed E-state index contributed by atoms with van der Waals surface area (Å²) in [6.07, 6.45) is 0. The molecule has 0 bridgehead atoms. The van der Waals surface area contributed by atoms with Crippen molar-refractivity contribution < 1.29 is 23.0 Å². The number of nitrogens with one attached hydrogen (secondary N) is 1. The maximum absolute atomic E-state index is 13.9. The highest BCUT2D eigenvalue weighted by Gasteiger charge is 2.21. The van der Waals surface area contributed by atoms with Crippen LogP contribution in [0.3, 0.4) is 0 Å². The average molecular weight is 391 g/mol. The van der Waals surface area contributed by atoms with E-state index in [-0.39, 0.29) is 12.5 Å². The average Bonchev–Trinajstić information content (AvgIpc) is 2.68. The van der Waals surface area contributed by atoms with Gasteiger partial charge in [-0.15, -0.1) is 0 Å². The molecule has 1 fully saturated rings. The Morgan fingerprint density at radius 3 is 2.36 bits per heavy atom. The maximum Gasteiger partial charge on any atom is 0.238 e. The van der Waals surface area contributed by atoms with Crippen molar-refractivity contribution in [3.05, 3.63) is 48.0 Å². The molecular formula is C20H23F2N3O3. The number of carbonyl (C=O) groups is 1. The van der Waals surface area contributed by atoms with E-state index < -0.39 is 11.6 Å². The van der Waals surface area contributed by atoms with Crippen molar-refractivity contribution in [2.75, 3.05) is 57.2 Å². The van der Waals surface area contributed by atoms with E-state index >= 15 is 0 Å². The van der Waals surface area contributed by atoms with Crippen LogP contribution in [0.1, 0.15) is 0 Å². The molecule has 1 heterocycles. The van der Waals surface area contributed by atoms with E-state index in [1.165, 1.54) is 19.2 Å². The standard InChI is InChI=1S/C20H23F2N3O3/c1-27-18-6-4-15(12-19(18)28-2)23-20(26)13-24-7-9-25(10-8-24)17-5-3-14(21)11-16(17)22/h3-6,11-12H,7-10,13H2,1-2H3,(H,23,26). The fraction of sp³-hybridized carbons (Fsp3) is 0.350. The van der Waals surface area contributed by atoms with Gasteiger partial charge < -0.3 is 19.7 Å². The fourth-order valence-electron chi connectivity index (χ4n) is 3.20. The Bertz CT molecular complexity index is 839. The van der Waals surface area contributed by atoms with Crippen molar-refractivity contribution in [3.63, 3.8) is 0 Å². The Morgan fingerprint density at radius 2 is 1.71 bits per heavy atom. The van der Waals surface area contributed by atoms with E-state index in [0.717, 1.165) is 6.07 Å². The zero-order valence-electron chi connectivity index (χ0n) is 15.9. The maximum atomic E-state index is 13.9. The highest BCUT2D eigenvalue weighted by Crippen LogP contribution is 2.29. The highest BCUT2D eigenvalue weighted by molar-refractivity contribution is 5.92. The molecule has 1 aliphatic rings. The molecule has 1 N–H and O–H groups in total. The van der Waals surface area contributed by atoms with Gasteiger partial charge in [-0.2, -0.15) is 0 Å². The minimum absolute atomic E-state index is 0.145. The number of methoxy groups -OCH3 is 2. The first-order chi connectivity index (χ1) is 13.5. The molecule has 0 atom stereocenters. The molecule has 28 heavy (non-hydrogen) atoms. The minimum atomic E-state index is -0.591. The number of hydrogen-bond acceptors (Lipinski definition) is 5. The molecule has 2 aromatic rings. The van der Waals surface area contributed by atoms with Crippen molar-refractivity contribution in [3.8, 4) is 11.5 Å². The Hall–Kier alpha value is -2.87. The minimum Gasteiger partial charge on any atom is -0.493 e. The van der Waals surface area contributed by atoms with Crippen LogP contribution in [-0.4, -0.2) is 57.8 Å². The molecule has 1 aliphatic heterocycles. The van der Waals surface area contributed by atoms with Crippen molar-refractivity contribution in [2.45, 2.75) is 0 Å². The van der Waals surface area contributed by atoms with Gasteiger partial charge in [0.05, 0.1) is 26.5 Å². The predicted octanol–water partition coefficient (Wildman–Crippen LogP) is 2.74. The molecule has 1 saturated heterocycles. The van der Waals surface area contributed by atoms with Crippen LogP contribution in [0.2, 0.25) is 0 Å². The van der Waals surface area contributed by atoms with Gasteiger partial charge in [-0.25, -0.2) is 8.78 Å². The number of nitrogens with zero attached hydrogens (tertiary/aromatic N) is 2. The van der Waals surface area contributed by atoms with Crippen LogP contribution >= 0.6 is 0 Å². The van der Waals surface area contributed by atoms with Gasteiger partial charge >= 0.3 is 0 Å². The molecule has 0 spiro atoms. The molecule has 6 nitrogen and oxygen atoms in total. The fourth-order valence-corrected chi connectivity index (χ4v) is 3.20. The van der Waals surface area contributed by atoms with Crippen molar-refractivity contribution in [1.29, 1.82) is 0 Å². The van der Waals surface area contributed by atoms with Crippen molar-refractivity contribution in [1.82, 2.24) is 4.90 Å². The summed E-state index contributed by atoms with van der Waals surface area (Å²) in [6, 6.07) is 8.76. The zero-order chi connectivity index (χ0) is 20.1. The molecule has 2 aromatic carbocycles. The molecule has 150 valence electrons. The first kappa shape index (κ1) is 19.9. The third-order valence-corrected chi connectivity index (χ3v) is 4.66. The quantitative estimate of drug-likeness (QED) is 0.821. The number of halogens is 2. The summed E-state index contributed by atoms with van der Waals surface area (Å²) in [5.74, 6) is -0.181. The summed E-state index contributed by atoms with van der Waals surface area (Å²) in [6.45, 7) is 2.57. The lowest BCUT2D eigenvalue weighted by Gasteiger charge is -2.35. The van der Waals surface area contributed by atoms with Crippen LogP contribution in [-0.2, 0) is 4.79 Å². The lowest BCUT2D eigenvalue weighted by Crippen LogP contribution is -2.48. The van der Waals surface area contributed by atoms with Crippen molar-refractivity contribution >= 4 is 17.3 Å². The Kier molecular flexibility index (Phi) is 6.30. The summed E-state index contributed by atoms with van der Waals surface area (Å²) in [5.41, 5.74) is 1.01. The van der Waals surface area contributed by atoms with Gasteiger partial charge in [0.1, 0.15) is 11.6 Å². The van der Waals surface area contributed by atoms with E-state index in [2.05, 4.69) is 5.32 Å². The topological polar surface area (TPSA) is 54.0 Å². The number of piperazine rings is 1. The smallest absolute Gasteiger partial charge is 0.238 e. The first-order valence-corrected chi connectivity index (χ1v) is 8.94. The lowest BCUT2D eigenvalue weighted by molar-refractivity contribution is -0.117. The van der Waals surface area contributed by atoms with Crippen LogP contribution in [0.15, 0.2) is 36.4 Å². The molecule has 0 saturated carbocycles. The summed E-state index contributed by atoms with van der Waals surface area (Å²) >= 11 is 0. The summed E-state index contributed by atoms with van der Waals surface area (Å²) in [7, 11) is 3.08. The Balaban J connectivity index is 1.52. The van der Waals surface area contributed by atoms with Gasteiger partial charge in [-0.1, -0.05) is 0 Å². The molecule has 8 heteroatoms. The summed E-state index contributed by atoms with van der Waals surface area (Å²) in [4.78, 5) is 16.2. The second-order valence-electron chi connectivity index (χ2n) is 6.48. The third-order valence-electron chi connectivity index (χ3n) is 4.66. The van der Waals surface area contributed by atoms with E-state index in [1.54, 1.807) is 25.3 Å². The van der Waals surface area contributed by atoms with Crippen LogP contribution in [0, 0.1) is 11.6 Å². The molecule has 0 aliphatic carbocycles. The number of benzene rings is 2. The van der Waals surface area contributed by atoms with Gasteiger partial charge in [0.2, 0.25) is 5.91 Å². The Labute approximate surface area is 162 Å². The molecule has 0 aromatic heterocycles. The molecular weight excluding hydrogens is 368 g/mol. The lowest BCUT2D eigenvalue weighted by atomic mass is 10.2. The van der Waals surface area contributed by atoms with Crippen LogP contribution in [0.25, 0.3) is 0 Å². The predicted molar refractivity (Wildman–Crippen MR) is 103 cm³/mol. The van der Waals surface area contributed by atoms with E-state index in [4.69, 9.17) is 9.47 Å². The van der Waals surface area contributed by atoms with Gasteiger partial charge in [-0.3, -0.25) is 9.69 Å². The third kappa shape index (κ3) is 4.69. The summed E-state index contributed by atoms with van der Waals surface area (Å²) < 4.78 is 37.4. The molecule has 1 amide bonds. The van der Waals surface area contributed by atoms with Gasteiger partial charge in [-0.05, 0) is 24.3 Å². The number of amides is 1. The van der Waals surface area contributed by atoms with E-state index in [1.807, 2.05) is 9.80 Å². The molecule has 3 rings (SSSR count). The Morgan fingerprint density at radius 1 is 1.00 bits per heavy atom. The summed E-state index contributed by atoms with van der Waals surface area (Å²) in [5, 5.41) is 2.84. The van der Waals surface area contributed by atoms with Gasteiger partial charge in [0.25, 0.3) is 0 Å². The van der Waals surface area contributed by atoms with Crippen LogP contribution in [0.4, 0.5) is 20.2 Å². The highest BCUT2D eigenvalue weighted by atomic mass is 19.1. The second kappa shape index (κ2) is 8.88. The number of hydrogen-bond donors (Lipinski definition) is 1. The van der Waals surface area contributed by atoms with E-state index in [9.17, 15) is 13.6 Å². The number of rotatable bonds is 6.